The average molecular weight is 237 g/mol. The van der Waals surface area contributed by atoms with Crippen LogP contribution < -0.4 is 10.5 Å². The summed E-state index contributed by atoms with van der Waals surface area (Å²) < 4.78 is 19.2. The van der Waals surface area contributed by atoms with Crippen molar-refractivity contribution in [3.8, 4) is 5.75 Å². The molecule has 0 aliphatic heterocycles. The van der Waals surface area contributed by atoms with Crippen molar-refractivity contribution in [2.45, 2.75) is 38.0 Å². The van der Waals surface area contributed by atoms with Crippen molar-refractivity contribution < 1.29 is 9.13 Å². The molecule has 0 saturated heterocycles. The molecule has 1 aromatic rings. The number of methoxy groups -OCH3 is 1. The SMILES string of the molecule is COc1cc(C)c(F)cc1C1(CN)CCCC1. The second-order valence-corrected chi connectivity index (χ2v) is 4.99. The van der Waals surface area contributed by atoms with Gasteiger partial charge in [-0.05, 0) is 37.5 Å². The van der Waals surface area contributed by atoms with Gasteiger partial charge in [-0.15, -0.1) is 0 Å². The van der Waals surface area contributed by atoms with Gasteiger partial charge in [-0.1, -0.05) is 12.8 Å². The lowest BCUT2D eigenvalue weighted by atomic mass is 9.78. The fraction of sp³-hybridized carbons (Fsp3) is 0.571. The number of benzene rings is 1. The summed E-state index contributed by atoms with van der Waals surface area (Å²) in [4.78, 5) is 0. The van der Waals surface area contributed by atoms with Crippen LogP contribution in [-0.2, 0) is 5.41 Å². The van der Waals surface area contributed by atoms with E-state index in [0.717, 1.165) is 37.0 Å². The molecule has 1 saturated carbocycles. The number of rotatable bonds is 3. The molecule has 0 amide bonds. The van der Waals surface area contributed by atoms with Gasteiger partial charge in [0.15, 0.2) is 0 Å². The van der Waals surface area contributed by atoms with E-state index in [4.69, 9.17) is 10.5 Å². The van der Waals surface area contributed by atoms with E-state index < -0.39 is 0 Å². The zero-order valence-electron chi connectivity index (χ0n) is 10.6. The first kappa shape index (κ1) is 12.4. The highest BCUT2D eigenvalue weighted by Crippen LogP contribution is 2.44. The molecule has 1 aromatic carbocycles. The maximum absolute atomic E-state index is 13.8. The highest BCUT2D eigenvalue weighted by atomic mass is 19.1. The Morgan fingerprint density at radius 2 is 2.00 bits per heavy atom. The minimum Gasteiger partial charge on any atom is -0.496 e. The molecule has 0 aromatic heterocycles. The molecule has 3 heteroatoms. The van der Waals surface area contributed by atoms with Gasteiger partial charge in [-0.3, -0.25) is 0 Å². The van der Waals surface area contributed by atoms with Gasteiger partial charge in [-0.2, -0.15) is 0 Å². The van der Waals surface area contributed by atoms with Crippen LogP contribution in [0.5, 0.6) is 5.75 Å². The molecule has 1 aliphatic carbocycles. The van der Waals surface area contributed by atoms with E-state index in [1.165, 1.54) is 0 Å². The number of nitrogens with two attached hydrogens (primary N) is 1. The van der Waals surface area contributed by atoms with Gasteiger partial charge >= 0.3 is 0 Å². The summed E-state index contributed by atoms with van der Waals surface area (Å²) in [6, 6.07) is 3.40. The van der Waals surface area contributed by atoms with E-state index in [0.29, 0.717) is 12.1 Å². The van der Waals surface area contributed by atoms with Gasteiger partial charge in [0.05, 0.1) is 7.11 Å². The molecule has 0 heterocycles. The first-order chi connectivity index (χ1) is 8.13. The molecule has 2 rings (SSSR count). The summed E-state index contributed by atoms with van der Waals surface area (Å²) in [7, 11) is 1.63. The minimum absolute atomic E-state index is 0.0834. The zero-order valence-corrected chi connectivity index (χ0v) is 10.6. The fourth-order valence-corrected chi connectivity index (χ4v) is 2.87. The number of aryl methyl sites for hydroxylation is 1. The van der Waals surface area contributed by atoms with Crippen molar-refractivity contribution in [3.63, 3.8) is 0 Å². The van der Waals surface area contributed by atoms with Gasteiger partial charge < -0.3 is 10.5 Å². The number of hydrogen-bond donors (Lipinski definition) is 1. The standard InChI is InChI=1S/C14H20FNO/c1-10-7-13(17-2)11(8-12(10)15)14(9-16)5-3-4-6-14/h7-8H,3-6,9,16H2,1-2H3. The maximum Gasteiger partial charge on any atom is 0.126 e. The lowest BCUT2D eigenvalue weighted by Gasteiger charge is -2.29. The van der Waals surface area contributed by atoms with E-state index >= 15 is 0 Å². The number of halogens is 1. The maximum atomic E-state index is 13.8. The molecular formula is C14H20FNO. The molecular weight excluding hydrogens is 217 g/mol. The highest BCUT2D eigenvalue weighted by molar-refractivity contribution is 5.44. The lowest BCUT2D eigenvalue weighted by Crippen LogP contribution is -2.32. The van der Waals surface area contributed by atoms with Crippen molar-refractivity contribution in [3.05, 3.63) is 29.1 Å². The Hall–Kier alpha value is -1.09. The van der Waals surface area contributed by atoms with Crippen molar-refractivity contribution in [1.82, 2.24) is 0 Å². The fourth-order valence-electron chi connectivity index (χ4n) is 2.87. The number of hydrogen-bond acceptors (Lipinski definition) is 2. The first-order valence-electron chi connectivity index (χ1n) is 6.17. The minimum atomic E-state index is -0.166. The Kier molecular flexibility index (Phi) is 3.38. The van der Waals surface area contributed by atoms with Crippen molar-refractivity contribution in [2.75, 3.05) is 13.7 Å². The largest absolute Gasteiger partial charge is 0.496 e. The molecule has 0 atom stereocenters. The molecule has 0 bridgehead atoms. The second-order valence-electron chi connectivity index (χ2n) is 4.99. The van der Waals surface area contributed by atoms with Crippen LogP contribution in [0, 0.1) is 12.7 Å². The molecule has 2 nitrogen and oxygen atoms in total. The molecule has 1 aliphatic rings. The predicted molar refractivity (Wildman–Crippen MR) is 66.9 cm³/mol. The van der Waals surface area contributed by atoms with Gasteiger partial charge in [-0.25, -0.2) is 4.39 Å². The van der Waals surface area contributed by atoms with Crippen molar-refractivity contribution in [2.24, 2.45) is 5.73 Å². The monoisotopic (exact) mass is 237 g/mol. The molecule has 2 N–H and O–H groups in total. The topological polar surface area (TPSA) is 35.2 Å². The Bertz CT molecular complexity index is 411. The molecule has 0 unspecified atom stereocenters. The molecule has 1 fully saturated rings. The summed E-state index contributed by atoms with van der Waals surface area (Å²) in [5, 5.41) is 0. The first-order valence-corrected chi connectivity index (χ1v) is 6.17. The summed E-state index contributed by atoms with van der Waals surface area (Å²) in [5.41, 5.74) is 7.42. The van der Waals surface area contributed by atoms with Gasteiger partial charge in [0, 0.05) is 17.5 Å². The van der Waals surface area contributed by atoms with Crippen LogP contribution in [0.3, 0.4) is 0 Å². The van der Waals surface area contributed by atoms with E-state index in [1.807, 2.05) is 0 Å². The third kappa shape index (κ3) is 2.04. The van der Waals surface area contributed by atoms with E-state index in [-0.39, 0.29) is 11.2 Å². The zero-order chi connectivity index (χ0) is 12.5. The van der Waals surface area contributed by atoms with E-state index in [1.54, 1.807) is 26.2 Å². The van der Waals surface area contributed by atoms with Crippen molar-refractivity contribution >= 4 is 0 Å². The predicted octanol–water partition coefficient (Wildman–Crippen LogP) is 2.91. The van der Waals surface area contributed by atoms with Crippen LogP contribution in [0.25, 0.3) is 0 Å². The quantitative estimate of drug-likeness (QED) is 0.877. The Morgan fingerprint density at radius 1 is 1.35 bits per heavy atom. The van der Waals surface area contributed by atoms with Gasteiger partial charge in [0.1, 0.15) is 11.6 Å². The van der Waals surface area contributed by atoms with E-state index in [2.05, 4.69) is 0 Å². The summed E-state index contributed by atoms with van der Waals surface area (Å²) in [6.45, 7) is 2.32. The smallest absolute Gasteiger partial charge is 0.126 e. The second kappa shape index (κ2) is 4.65. The van der Waals surface area contributed by atoms with Crippen LogP contribution in [0.1, 0.15) is 36.8 Å². The van der Waals surface area contributed by atoms with Crippen molar-refractivity contribution in [1.29, 1.82) is 0 Å². The lowest BCUT2D eigenvalue weighted by molar-refractivity contribution is 0.375. The Balaban J connectivity index is 2.52. The summed E-state index contributed by atoms with van der Waals surface area (Å²) >= 11 is 0. The van der Waals surface area contributed by atoms with Crippen LogP contribution in [0.4, 0.5) is 4.39 Å². The third-order valence-corrected chi connectivity index (χ3v) is 4.00. The molecule has 0 radical (unpaired) electrons. The Morgan fingerprint density at radius 3 is 2.53 bits per heavy atom. The van der Waals surface area contributed by atoms with Crippen LogP contribution >= 0.6 is 0 Å². The van der Waals surface area contributed by atoms with E-state index in [9.17, 15) is 4.39 Å². The normalized spacial score (nSPS) is 18.4. The van der Waals surface area contributed by atoms with Gasteiger partial charge in [0.2, 0.25) is 0 Å². The Labute approximate surface area is 102 Å². The van der Waals surface area contributed by atoms with Crippen LogP contribution in [-0.4, -0.2) is 13.7 Å². The van der Waals surface area contributed by atoms with Crippen LogP contribution in [0.15, 0.2) is 12.1 Å². The molecule has 94 valence electrons. The molecule has 0 spiro atoms. The summed E-state index contributed by atoms with van der Waals surface area (Å²) in [5.74, 6) is 0.608. The van der Waals surface area contributed by atoms with Gasteiger partial charge in [0.25, 0.3) is 0 Å². The highest BCUT2D eigenvalue weighted by Gasteiger charge is 2.37. The third-order valence-electron chi connectivity index (χ3n) is 4.00. The average Bonchev–Trinajstić information content (AvgIpc) is 2.82. The van der Waals surface area contributed by atoms with Crippen LogP contribution in [0.2, 0.25) is 0 Å². The summed E-state index contributed by atoms with van der Waals surface area (Å²) in [6.07, 6.45) is 4.39. The molecule has 17 heavy (non-hydrogen) atoms. The number of ether oxygens (including phenoxy) is 1.